The maximum absolute atomic E-state index is 13.0. The van der Waals surface area contributed by atoms with Gasteiger partial charge in [-0.15, -0.1) is 0 Å². The number of nitrogens with zero attached hydrogens (tertiary/aromatic N) is 1. The number of carbonyl (C=O) groups is 3. The number of thioether (sulfide) groups is 1. The van der Waals surface area contributed by atoms with Gasteiger partial charge in [-0.3, -0.25) is 19.3 Å². The van der Waals surface area contributed by atoms with Gasteiger partial charge in [0.2, 0.25) is 0 Å². The largest absolute Gasteiger partial charge is 0.493 e. The van der Waals surface area contributed by atoms with E-state index in [0.29, 0.717) is 22.8 Å². The molecule has 8 nitrogen and oxygen atoms in total. The van der Waals surface area contributed by atoms with Crippen LogP contribution in [0, 0.1) is 13.8 Å². The van der Waals surface area contributed by atoms with E-state index >= 15 is 0 Å². The molecule has 0 spiro atoms. The lowest BCUT2D eigenvalue weighted by Crippen LogP contribution is -2.32. The zero-order valence-electron chi connectivity index (χ0n) is 21.7. The van der Waals surface area contributed by atoms with E-state index < -0.39 is 5.91 Å². The Labute approximate surface area is 239 Å². The molecule has 3 aromatic carbocycles. The van der Waals surface area contributed by atoms with Crippen LogP contribution in [0.15, 0.2) is 70.0 Å². The first-order valence-electron chi connectivity index (χ1n) is 12.1. The molecule has 0 aromatic heterocycles. The molecule has 0 atom stereocenters. The first-order chi connectivity index (χ1) is 18.7. The first-order valence-corrected chi connectivity index (χ1v) is 13.7. The van der Waals surface area contributed by atoms with E-state index in [1.807, 2.05) is 44.2 Å². The average Bonchev–Trinajstić information content (AvgIpc) is 3.18. The molecule has 39 heavy (non-hydrogen) atoms. The molecule has 0 radical (unpaired) electrons. The van der Waals surface area contributed by atoms with E-state index in [2.05, 4.69) is 21.2 Å². The predicted octanol–water partition coefficient (Wildman–Crippen LogP) is 6.21. The number of rotatable bonds is 10. The van der Waals surface area contributed by atoms with Crippen molar-refractivity contribution in [3.8, 4) is 17.2 Å². The fraction of sp³-hybridized carbons (Fsp3) is 0.207. The van der Waals surface area contributed by atoms with Crippen molar-refractivity contribution < 1.29 is 28.6 Å². The van der Waals surface area contributed by atoms with E-state index in [0.717, 1.165) is 37.9 Å². The van der Waals surface area contributed by atoms with Crippen molar-refractivity contribution in [2.45, 2.75) is 13.8 Å². The summed E-state index contributed by atoms with van der Waals surface area (Å²) in [7, 11) is 1.54. The first kappa shape index (κ1) is 28.3. The van der Waals surface area contributed by atoms with Crippen LogP contribution in [-0.4, -0.2) is 48.8 Å². The van der Waals surface area contributed by atoms with Crippen LogP contribution >= 0.6 is 27.7 Å². The molecule has 3 aromatic rings. The van der Waals surface area contributed by atoms with Gasteiger partial charge in [0.25, 0.3) is 17.1 Å². The van der Waals surface area contributed by atoms with Crippen LogP contribution in [0.4, 0.5) is 10.5 Å². The molecule has 1 aliphatic heterocycles. The smallest absolute Gasteiger partial charge is 0.293 e. The summed E-state index contributed by atoms with van der Waals surface area (Å²) in [6, 6.07) is 18.2. The molecular formula is C29H27BrN2O6S. The highest BCUT2D eigenvalue weighted by Crippen LogP contribution is 2.35. The summed E-state index contributed by atoms with van der Waals surface area (Å²) >= 11 is 4.27. The Bertz CT molecular complexity index is 1440. The van der Waals surface area contributed by atoms with Crippen LogP contribution in [0.25, 0.3) is 6.08 Å². The number of benzene rings is 3. The zero-order valence-corrected chi connectivity index (χ0v) is 24.1. The monoisotopic (exact) mass is 610 g/mol. The number of imide groups is 1. The molecule has 202 valence electrons. The third kappa shape index (κ3) is 7.21. The van der Waals surface area contributed by atoms with Gasteiger partial charge in [0.15, 0.2) is 18.1 Å². The summed E-state index contributed by atoms with van der Waals surface area (Å²) in [5.74, 6) is 0.761. The Morgan fingerprint density at radius 3 is 2.54 bits per heavy atom. The van der Waals surface area contributed by atoms with Gasteiger partial charge in [-0.05, 0) is 79.2 Å². The molecule has 0 aliphatic carbocycles. The van der Waals surface area contributed by atoms with Gasteiger partial charge >= 0.3 is 0 Å². The molecule has 1 heterocycles. The van der Waals surface area contributed by atoms with Gasteiger partial charge in [0, 0.05) is 15.7 Å². The van der Waals surface area contributed by atoms with Crippen molar-refractivity contribution in [3.63, 3.8) is 0 Å². The van der Waals surface area contributed by atoms with E-state index in [9.17, 15) is 14.4 Å². The molecule has 0 saturated carbocycles. The standard InChI is InChI=1S/C29H27BrN2O6S/c1-18-8-9-19(2)22(14-18)31-27(33)17-38-23-11-10-21(30)15-20(23)16-26-28(34)32(29(35)39-26)12-13-37-25-7-5-4-6-24(25)36-3/h4-11,14-16H,12-13,17H2,1-3H3,(H,31,33)/b26-16-. The third-order valence-corrected chi connectivity index (χ3v) is 7.20. The molecule has 0 unspecified atom stereocenters. The molecule has 4 rings (SSSR count). The minimum absolute atomic E-state index is 0.0838. The second kappa shape index (κ2) is 12.9. The van der Waals surface area contributed by atoms with Gasteiger partial charge in [-0.1, -0.05) is 40.2 Å². The maximum Gasteiger partial charge on any atom is 0.293 e. The van der Waals surface area contributed by atoms with Crippen LogP contribution in [-0.2, 0) is 9.59 Å². The number of anilines is 1. The minimum Gasteiger partial charge on any atom is -0.493 e. The molecule has 1 saturated heterocycles. The van der Waals surface area contributed by atoms with Gasteiger partial charge in [-0.2, -0.15) is 0 Å². The number of hydrogen-bond donors (Lipinski definition) is 1. The van der Waals surface area contributed by atoms with Crippen molar-refractivity contribution in [1.82, 2.24) is 4.90 Å². The highest BCUT2D eigenvalue weighted by atomic mass is 79.9. The SMILES string of the molecule is COc1ccccc1OCCN1C(=O)S/C(=C\c2cc(Br)ccc2OCC(=O)Nc2cc(C)ccc2C)C1=O. The molecule has 0 bridgehead atoms. The van der Waals surface area contributed by atoms with Crippen LogP contribution in [0.1, 0.15) is 16.7 Å². The number of hydrogen-bond acceptors (Lipinski definition) is 7. The maximum atomic E-state index is 13.0. The molecule has 1 N–H and O–H groups in total. The number of halogens is 1. The second-order valence-electron chi connectivity index (χ2n) is 8.67. The number of nitrogens with one attached hydrogen (secondary N) is 1. The van der Waals surface area contributed by atoms with Gasteiger partial charge in [-0.25, -0.2) is 0 Å². The highest BCUT2D eigenvalue weighted by Gasteiger charge is 2.35. The summed E-state index contributed by atoms with van der Waals surface area (Å²) < 4.78 is 17.5. The molecule has 1 fully saturated rings. The van der Waals surface area contributed by atoms with Crippen LogP contribution in [0.5, 0.6) is 17.2 Å². The van der Waals surface area contributed by atoms with Crippen molar-refractivity contribution in [1.29, 1.82) is 0 Å². The lowest BCUT2D eigenvalue weighted by molar-refractivity contribution is -0.123. The van der Waals surface area contributed by atoms with Gasteiger partial charge in [0.05, 0.1) is 18.6 Å². The van der Waals surface area contributed by atoms with Crippen molar-refractivity contribution in [2.24, 2.45) is 0 Å². The number of para-hydroxylation sites is 2. The summed E-state index contributed by atoms with van der Waals surface area (Å²) in [5.41, 5.74) is 3.26. The van der Waals surface area contributed by atoms with E-state index in [4.69, 9.17) is 14.2 Å². The molecule has 3 amide bonds. The van der Waals surface area contributed by atoms with Gasteiger partial charge < -0.3 is 19.5 Å². The van der Waals surface area contributed by atoms with E-state index in [1.165, 1.54) is 0 Å². The number of aryl methyl sites for hydroxylation is 2. The number of amides is 3. The average molecular weight is 612 g/mol. The molecule has 10 heteroatoms. The van der Waals surface area contributed by atoms with Crippen LogP contribution in [0.2, 0.25) is 0 Å². The molecule has 1 aliphatic rings. The van der Waals surface area contributed by atoms with E-state index in [-0.39, 0.29) is 35.8 Å². The lowest BCUT2D eigenvalue weighted by Gasteiger charge is -2.14. The van der Waals surface area contributed by atoms with E-state index in [1.54, 1.807) is 43.5 Å². The minimum atomic E-state index is -0.424. The lowest BCUT2D eigenvalue weighted by atomic mass is 10.1. The number of carbonyl (C=O) groups excluding carboxylic acids is 3. The van der Waals surface area contributed by atoms with Crippen molar-refractivity contribution in [2.75, 3.05) is 32.2 Å². The topological polar surface area (TPSA) is 94.2 Å². The zero-order chi connectivity index (χ0) is 27.9. The highest BCUT2D eigenvalue weighted by molar-refractivity contribution is 9.10. The Morgan fingerprint density at radius 2 is 1.77 bits per heavy atom. The van der Waals surface area contributed by atoms with Crippen LogP contribution < -0.4 is 19.5 Å². The number of ether oxygens (including phenoxy) is 3. The summed E-state index contributed by atoms with van der Waals surface area (Å²) in [6.45, 7) is 3.85. The Morgan fingerprint density at radius 1 is 1.00 bits per heavy atom. The Balaban J connectivity index is 1.41. The van der Waals surface area contributed by atoms with Crippen molar-refractivity contribution >= 4 is 56.5 Å². The fourth-order valence-electron chi connectivity index (χ4n) is 3.78. The van der Waals surface area contributed by atoms with Gasteiger partial charge in [0.1, 0.15) is 12.4 Å². The van der Waals surface area contributed by atoms with Crippen LogP contribution in [0.3, 0.4) is 0 Å². The quantitative estimate of drug-likeness (QED) is 0.273. The Hall–Kier alpha value is -3.76. The summed E-state index contributed by atoms with van der Waals surface area (Å²) in [6.07, 6.45) is 1.59. The second-order valence-corrected chi connectivity index (χ2v) is 10.6. The van der Waals surface area contributed by atoms with Crippen molar-refractivity contribution in [3.05, 3.63) is 86.7 Å². The summed E-state index contributed by atoms with van der Waals surface area (Å²) in [4.78, 5) is 39.6. The molecular weight excluding hydrogens is 584 g/mol. The summed E-state index contributed by atoms with van der Waals surface area (Å²) in [5, 5.41) is 2.48. The normalized spacial score (nSPS) is 14.1. The fourth-order valence-corrected chi connectivity index (χ4v) is 5.02. The predicted molar refractivity (Wildman–Crippen MR) is 155 cm³/mol. The Kier molecular flexibility index (Phi) is 9.32. The third-order valence-electron chi connectivity index (χ3n) is 5.80. The number of methoxy groups -OCH3 is 1.